The van der Waals surface area contributed by atoms with E-state index in [-0.39, 0.29) is 4.90 Å². The molecule has 1 N–H and O–H groups in total. The Hall–Kier alpha value is -0.653. The van der Waals surface area contributed by atoms with Gasteiger partial charge in [-0.25, -0.2) is 0 Å². The van der Waals surface area contributed by atoms with E-state index < -0.39 is 18.2 Å². The maximum atomic E-state index is 11.3. The second-order valence-corrected chi connectivity index (χ2v) is 11.3. The summed E-state index contributed by atoms with van der Waals surface area (Å²) >= 11 is 0. The van der Waals surface area contributed by atoms with Gasteiger partial charge < -0.3 is 0 Å². The lowest BCUT2D eigenvalue weighted by Crippen LogP contribution is -2.41. The zero-order chi connectivity index (χ0) is 12.6. The first-order valence-electron chi connectivity index (χ1n) is 5.27. The fourth-order valence-electron chi connectivity index (χ4n) is 1.61. The van der Waals surface area contributed by atoms with Gasteiger partial charge in [-0.1, -0.05) is 38.7 Å². The average molecular weight is 258 g/mol. The van der Waals surface area contributed by atoms with E-state index in [2.05, 4.69) is 19.6 Å². The van der Waals surface area contributed by atoms with Crippen molar-refractivity contribution in [1.29, 1.82) is 0 Å². The smallest absolute Gasteiger partial charge is 0.282 e. The van der Waals surface area contributed by atoms with Crippen molar-refractivity contribution in [2.45, 2.75) is 37.9 Å². The molecule has 0 heterocycles. The van der Waals surface area contributed by atoms with Crippen LogP contribution in [0.2, 0.25) is 19.6 Å². The Morgan fingerprint density at radius 1 is 1.25 bits per heavy atom. The molecule has 1 aromatic rings. The molecule has 0 spiro atoms. The molecule has 16 heavy (non-hydrogen) atoms. The molecule has 0 bridgehead atoms. The van der Waals surface area contributed by atoms with Crippen molar-refractivity contribution in [2.75, 3.05) is 0 Å². The number of rotatable bonds is 3. The summed E-state index contributed by atoms with van der Waals surface area (Å²) in [5, 5.41) is 0.800. The van der Waals surface area contributed by atoms with Gasteiger partial charge in [0.1, 0.15) is 0 Å². The average Bonchev–Trinajstić information content (AvgIpc) is 2.14. The molecule has 1 aromatic carbocycles. The van der Waals surface area contributed by atoms with Gasteiger partial charge in [0.25, 0.3) is 10.1 Å². The Balaban J connectivity index is 3.52. The van der Waals surface area contributed by atoms with Crippen molar-refractivity contribution < 1.29 is 13.0 Å². The molecule has 0 aliphatic heterocycles. The second-order valence-electron chi connectivity index (χ2n) is 4.91. The molecule has 1 rings (SSSR count). The minimum Gasteiger partial charge on any atom is -0.282 e. The van der Waals surface area contributed by atoms with E-state index in [1.165, 1.54) is 6.07 Å². The summed E-state index contributed by atoms with van der Waals surface area (Å²) in [6.07, 6.45) is 0.864. The van der Waals surface area contributed by atoms with Crippen LogP contribution in [0.25, 0.3) is 0 Å². The molecule has 0 saturated heterocycles. The van der Waals surface area contributed by atoms with Crippen LogP contribution in [0.3, 0.4) is 0 Å². The molecule has 0 atom stereocenters. The van der Waals surface area contributed by atoms with Gasteiger partial charge >= 0.3 is 0 Å². The van der Waals surface area contributed by atoms with Gasteiger partial charge in [0, 0.05) is 0 Å². The van der Waals surface area contributed by atoms with Crippen molar-refractivity contribution in [2.24, 2.45) is 0 Å². The molecule has 5 heteroatoms. The number of hydrogen-bond acceptors (Lipinski definition) is 2. The van der Waals surface area contributed by atoms with E-state index >= 15 is 0 Å². The van der Waals surface area contributed by atoms with Crippen molar-refractivity contribution in [3.05, 3.63) is 23.8 Å². The van der Waals surface area contributed by atoms with E-state index in [1.807, 2.05) is 13.0 Å². The van der Waals surface area contributed by atoms with E-state index in [4.69, 9.17) is 0 Å². The molecule has 3 nitrogen and oxygen atoms in total. The quantitative estimate of drug-likeness (QED) is 0.667. The van der Waals surface area contributed by atoms with E-state index in [9.17, 15) is 13.0 Å². The summed E-state index contributed by atoms with van der Waals surface area (Å²) < 4.78 is 31.7. The Bertz CT molecular complexity index is 486. The maximum Gasteiger partial charge on any atom is 0.294 e. The fraction of sp³-hybridized carbons (Fsp3) is 0.455. The molecule has 0 saturated carbocycles. The van der Waals surface area contributed by atoms with Crippen LogP contribution >= 0.6 is 0 Å². The maximum absolute atomic E-state index is 11.3. The molecular formula is C11H18O3SSi. The molecule has 0 aliphatic rings. The van der Waals surface area contributed by atoms with Crippen LogP contribution in [-0.2, 0) is 16.5 Å². The van der Waals surface area contributed by atoms with Crippen LogP contribution in [-0.4, -0.2) is 21.0 Å². The number of benzene rings is 1. The SMILES string of the molecule is CCc1ccc(S(=O)(=O)O)c([Si](C)(C)C)c1. The highest BCUT2D eigenvalue weighted by Gasteiger charge is 2.25. The molecule has 0 aromatic heterocycles. The van der Waals surface area contributed by atoms with Crippen LogP contribution in [0.4, 0.5) is 0 Å². The molecule has 0 aliphatic carbocycles. The molecule has 0 fully saturated rings. The third-order valence-electron chi connectivity index (χ3n) is 2.54. The van der Waals surface area contributed by atoms with Gasteiger partial charge in [-0.05, 0) is 23.2 Å². The molecule has 0 amide bonds. The number of aryl methyl sites for hydroxylation is 1. The van der Waals surface area contributed by atoms with Crippen molar-refractivity contribution in [3.63, 3.8) is 0 Å². The van der Waals surface area contributed by atoms with Crippen LogP contribution in [0.5, 0.6) is 0 Å². The van der Waals surface area contributed by atoms with Gasteiger partial charge in [0.15, 0.2) is 0 Å². The van der Waals surface area contributed by atoms with Gasteiger partial charge in [0.05, 0.1) is 13.0 Å². The predicted octanol–water partition coefficient (Wildman–Crippen LogP) is 2.04. The summed E-state index contributed by atoms with van der Waals surface area (Å²) in [6.45, 7) is 8.22. The standard InChI is InChI=1S/C11H18O3SSi/c1-5-9-6-7-10(15(12,13)14)11(8-9)16(2,3)4/h6-8H,5H2,1-4H3,(H,12,13,14). The second kappa shape index (κ2) is 4.31. The lowest BCUT2D eigenvalue weighted by atomic mass is 10.2. The third kappa shape index (κ3) is 2.93. The largest absolute Gasteiger partial charge is 0.294 e. The van der Waals surface area contributed by atoms with Crippen LogP contribution in [0.1, 0.15) is 12.5 Å². The highest BCUT2D eigenvalue weighted by Crippen LogP contribution is 2.14. The van der Waals surface area contributed by atoms with Crippen molar-refractivity contribution >= 4 is 23.4 Å². The summed E-state index contributed by atoms with van der Waals surface area (Å²) in [6, 6.07) is 5.18. The van der Waals surface area contributed by atoms with E-state index in [0.717, 1.165) is 17.2 Å². The highest BCUT2D eigenvalue weighted by atomic mass is 32.2. The highest BCUT2D eigenvalue weighted by molar-refractivity contribution is 7.86. The van der Waals surface area contributed by atoms with Gasteiger partial charge in [-0.2, -0.15) is 8.42 Å². The van der Waals surface area contributed by atoms with Crippen LogP contribution in [0.15, 0.2) is 23.1 Å². The Morgan fingerprint density at radius 2 is 1.81 bits per heavy atom. The minimum atomic E-state index is -4.11. The zero-order valence-electron chi connectivity index (χ0n) is 10.1. The van der Waals surface area contributed by atoms with Crippen molar-refractivity contribution in [1.82, 2.24) is 0 Å². The molecule has 0 unspecified atom stereocenters. The summed E-state index contributed by atoms with van der Waals surface area (Å²) in [7, 11) is -5.88. The summed E-state index contributed by atoms with van der Waals surface area (Å²) in [4.78, 5) is 0.0730. The first kappa shape index (κ1) is 13.4. The lowest BCUT2D eigenvalue weighted by molar-refractivity contribution is 0.484. The van der Waals surface area contributed by atoms with Crippen molar-refractivity contribution in [3.8, 4) is 0 Å². The summed E-state index contributed by atoms with van der Waals surface area (Å²) in [5.41, 5.74) is 1.10. The lowest BCUT2D eigenvalue weighted by Gasteiger charge is -2.20. The molecule has 90 valence electrons. The summed E-state index contributed by atoms with van der Waals surface area (Å²) in [5.74, 6) is 0. The van der Waals surface area contributed by atoms with E-state index in [0.29, 0.717) is 0 Å². The predicted molar refractivity (Wildman–Crippen MR) is 68.6 cm³/mol. The van der Waals surface area contributed by atoms with Crippen LogP contribution < -0.4 is 5.19 Å². The zero-order valence-corrected chi connectivity index (χ0v) is 11.9. The first-order valence-corrected chi connectivity index (χ1v) is 10.2. The van der Waals surface area contributed by atoms with Gasteiger partial charge in [0.2, 0.25) is 0 Å². The third-order valence-corrected chi connectivity index (χ3v) is 5.66. The normalized spacial score (nSPS) is 12.8. The van der Waals surface area contributed by atoms with Gasteiger partial charge in [-0.15, -0.1) is 0 Å². The Labute approximate surface area is 98.3 Å². The molecular weight excluding hydrogens is 240 g/mol. The first-order chi connectivity index (χ1) is 7.16. The topological polar surface area (TPSA) is 54.4 Å². The van der Waals surface area contributed by atoms with Gasteiger partial charge in [-0.3, -0.25) is 4.55 Å². The monoisotopic (exact) mass is 258 g/mol. The fourth-order valence-corrected chi connectivity index (χ4v) is 4.93. The Kier molecular flexibility index (Phi) is 3.61. The van der Waals surface area contributed by atoms with Crippen LogP contribution in [0, 0.1) is 0 Å². The Morgan fingerprint density at radius 3 is 2.19 bits per heavy atom. The minimum absolute atomic E-state index is 0.0730. The molecule has 0 radical (unpaired) electrons. The number of hydrogen-bond donors (Lipinski definition) is 1. The van der Waals surface area contributed by atoms with E-state index in [1.54, 1.807) is 6.07 Å².